The van der Waals surface area contributed by atoms with Gasteiger partial charge >= 0.3 is 11.9 Å². The van der Waals surface area contributed by atoms with Crippen molar-refractivity contribution in [1.29, 1.82) is 0 Å². The van der Waals surface area contributed by atoms with Gasteiger partial charge in [-0.25, -0.2) is 9.59 Å². The molecule has 5 nitrogen and oxygen atoms in total. The van der Waals surface area contributed by atoms with Gasteiger partial charge in [0, 0.05) is 5.69 Å². The Hall–Kier alpha value is -2.82. The maximum Gasteiger partial charge on any atom is 0.340 e. The smallest absolute Gasteiger partial charge is 0.340 e. The zero-order valence-electron chi connectivity index (χ0n) is 11.5. The molecule has 0 aliphatic heterocycles. The highest BCUT2D eigenvalue weighted by Gasteiger charge is 2.19. The molecule has 0 saturated carbocycles. The molecule has 0 heterocycles. The van der Waals surface area contributed by atoms with Crippen LogP contribution in [0.15, 0.2) is 42.5 Å². The van der Waals surface area contributed by atoms with Crippen LogP contribution in [0.4, 0.5) is 5.69 Å². The summed E-state index contributed by atoms with van der Waals surface area (Å²) in [5.74, 6) is -1.73. The highest BCUT2D eigenvalue weighted by Crippen LogP contribution is 2.22. The van der Waals surface area contributed by atoms with E-state index < -0.39 is 11.9 Å². The fourth-order valence-corrected chi connectivity index (χ4v) is 2.03. The number of rotatable bonds is 4. The van der Waals surface area contributed by atoms with Crippen molar-refractivity contribution in [3.05, 3.63) is 64.7 Å². The molecule has 108 valence electrons. The monoisotopic (exact) mass is 285 g/mol. The number of hydrogen-bond donors (Lipinski definition) is 2. The molecule has 0 aliphatic rings. The normalized spacial score (nSPS) is 10.1. The van der Waals surface area contributed by atoms with Gasteiger partial charge in [0.05, 0.1) is 11.1 Å². The molecule has 0 amide bonds. The highest BCUT2D eigenvalue weighted by atomic mass is 16.5. The molecule has 0 aromatic heterocycles. The molecule has 21 heavy (non-hydrogen) atoms. The Kier molecular flexibility index (Phi) is 4.23. The zero-order valence-corrected chi connectivity index (χ0v) is 11.5. The molecule has 0 aliphatic carbocycles. The second-order valence-corrected chi connectivity index (χ2v) is 4.57. The van der Waals surface area contributed by atoms with Crippen LogP contribution in [-0.2, 0) is 11.3 Å². The summed E-state index contributed by atoms with van der Waals surface area (Å²) in [6.07, 6.45) is 0. The van der Waals surface area contributed by atoms with Crippen LogP contribution in [0.25, 0.3) is 0 Å². The molecule has 3 N–H and O–H groups in total. The van der Waals surface area contributed by atoms with Crippen LogP contribution in [0.3, 0.4) is 0 Å². The van der Waals surface area contributed by atoms with Gasteiger partial charge in [0.15, 0.2) is 0 Å². The lowest BCUT2D eigenvalue weighted by atomic mass is 10.0. The summed E-state index contributed by atoms with van der Waals surface area (Å²) >= 11 is 0. The summed E-state index contributed by atoms with van der Waals surface area (Å²) in [7, 11) is 0. The van der Waals surface area contributed by atoms with E-state index in [1.165, 1.54) is 12.1 Å². The SMILES string of the molecule is Cc1c(C(=O)O)ccc(N)c1C(=O)OCc1ccccc1. The van der Waals surface area contributed by atoms with E-state index >= 15 is 0 Å². The largest absolute Gasteiger partial charge is 0.478 e. The second kappa shape index (κ2) is 6.09. The topological polar surface area (TPSA) is 89.6 Å². The van der Waals surface area contributed by atoms with Gasteiger partial charge in [0.25, 0.3) is 0 Å². The molecule has 2 rings (SSSR count). The Labute approximate surface area is 122 Å². The fraction of sp³-hybridized carbons (Fsp3) is 0.125. The quantitative estimate of drug-likeness (QED) is 0.665. The third-order valence-electron chi connectivity index (χ3n) is 3.14. The van der Waals surface area contributed by atoms with E-state index in [9.17, 15) is 9.59 Å². The van der Waals surface area contributed by atoms with Gasteiger partial charge in [0.1, 0.15) is 6.61 Å². The lowest BCUT2D eigenvalue weighted by Crippen LogP contribution is -2.13. The van der Waals surface area contributed by atoms with Gasteiger partial charge < -0.3 is 15.6 Å². The number of hydrogen-bond acceptors (Lipinski definition) is 4. The van der Waals surface area contributed by atoms with E-state index in [4.69, 9.17) is 15.6 Å². The van der Waals surface area contributed by atoms with E-state index in [-0.39, 0.29) is 23.4 Å². The predicted octanol–water partition coefficient (Wildman–Crippen LogP) is 2.63. The summed E-state index contributed by atoms with van der Waals surface area (Å²) in [6, 6.07) is 12.0. The van der Waals surface area contributed by atoms with Gasteiger partial charge in [-0.1, -0.05) is 30.3 Å². The highest BCUT2D eigenvalue weighted by molar-refractivity contribution is 6.01. The summed E-state index contributed by atoms with van der Waals surface area (Å²) in [5.41, 5.74) is 7.26. The number of carboxylic acids is 1. The van der Waals surface area contributed by atoms with Gasteiger partial charge in [-0.2, -0.15) is 0 Å². The Morgan fingerprint density at radius 1 is 1.14 bits per heavy atom. The van der Waals surface area contributed by atoms with E-state index in [0.717, 1.165) is 5.56 Å². The predicted molar refractivity (Wildman–Crippen MR) is 78.1 cm³/mol. The Balaban J connectivity index is 2.23. The minimum atomic E-state index is -1.11. The van der Waals surface area contributed by atoms with E-state index in [0.29, 0.717) is 5.56 Å². The van der Waals surface area contributed by atoms with Crippen molar-refractivity contribution in [2.75, 3.05) is 5.73 Å². The van der Waals surface area contributed by atoms with Crippen LogP contribution in [0.2, 0.25) is 0 Å². The molecule has 0 radical (unpaired) electrons. The molecule has 0 spiro atoms. The summed E-state index contributed by atoms with van der Waals surface area (Å²) < 4.78 is 5.20. The average Bonchev–Trinajstić information content (AvgIpc) is 2.46. The number of anilines is 1. The Bertz CT molecular complexity index is 680. The minimum Gasteiger partial charge on any atom is -0.478 e. The molecular formula is C16H15NO4. The average molecular weight is 285 g/mol. The van der Waals surface area contributed by atoms with Crippen LogP contribution < -0.4 is 5.73 Å². The molecule has 5 heteroatoms. The number of carbonyl (C=O) groups excluding carboxylic acids is 1. The Morgan fingerprint density at radius 3 is 2.43 bits per heavy atom. The third-order valence-corrected chi connectivity index (χ3v) is 3.14. The van der Waals surface area contributed by atoms with Crippen molar-refractivity contribution in [3.8, 4) is 0 Å². The number of benzene rings is 2. The van der Waals surface area contributed by atoms with Gasteiger partial charge in [-0.3, -0.25) is 0 Å². The number of aromatic carboxylic acids is 1. The first-order chi connectivity index (χ1) is 10.0. The van der Waals surface area contributed by atoms with Crippen LogP contribution in [0, 0.1) is 6.92 Å². The van der Waals surface area contributed by atoms with Crippen molar-refractivity contribution in [1.82, 2.24) is 0 Å². The first kappa shape index (κ1) is 14.6. The molecule has 2 aromatic rings. The van der Waals surface area contributed by atoms with Gasteiger partial charge in [-0.05, 0) is 30.2 Å². The number of nitrogens with two attached hydrogens (primary N) is 1. The number of nitrogen functional groups attached to an aromatic ring is 1. The van der Waals surface area contributed by atoms with Crippen LogP contribution in [-0.4, -0.2) is 17.0 Å². The third kappa shape index (κ3) is 3.20. The molecule has 0 saturated heterocycles. The number of carboxylic acid groups (broad SMARTS) is 1. The van der Waals surface area contributed by atoms with Crippen molar-refractivity contribution in [3.63, 3.8) is 0 Å². The van der Waals surface area contributed by atoms with E-state index in [1.54, 1.807) is 6.92 Å². The first-order valence-corrected chi connectivity index (χ1v) is 6.34. The summed E-state index contributed by atoms with van der Waals surface area (Å²) in [5, 5.41) is 9.08. The van der Waals surface area contributed by atoms with Gasteiger partial charge in [0.2, 0.25) is 0 Å². The Morgan fingerprint density at radius 2 is 1.81 bits per heavy atom. The molecule has 0 atom stereocenters. The molecule has 0 fully saturated rings. The second-order valence-electron chi connectivity index (χ2n) is 4.57. The van der Waals surface area contributed by atoms with Crippen LogP contribution in [0.1, 0.15) is 31.8 Å². The first-order valence-electron chi connectivity index (χ1n) is 6.34. The van der Waals surface area contributed by atoms with Crippen molar-refractivity contribution in [2.24, 2.45) is 0 Å². The number of ether oxygens (including phenoxy) is 1. The lowest BCUT2D eigenvalue weighted by molar-refractivity contribution is 0.0473. The molecule has 2 aromatic carbocycles. The van der Waals surface area contributed by atoms with Crippen molar-refractivity contribution >= 4 is 17.6 Å². The number of esters is 1. The van der Waals surface area contributed by atoms with Gasteiger partial charge in [-0.15, -0.1) is 0 Å². The minimum absolute atomic E-state index is 0.0378. The number of carbonyl (C=O) groups is 2. The zero-order chi connectivity index (χ0) is 15.4. The molecule has 0 bridgehead atoms. The molecule has 0 unspecified atom stereocenters. The standard InChI is InChI=1S/C16H15NO4/c1-10-12(15(18)19)7-8-13(17)14(10)16(20)21-9-11-5-3-2-4-6-11/h2-8H,9,17H2,1H3,(H,18,19). The fourth-order valence-electron chi connectivity index (χ4n) is 2.03. The van der Waals surface area contributed by atoms with Crippen molar-refractivity contribution in [2.45, 2.75) is 13.5 Å². The lowest BCUT2D eigenvalue weighted by Gasteiger charge is -2.11. The maximum absolute atomic E-state index is 12.1. The summed E-state index contributed by atoms with van der Waals surface area (Å²) in [6.45, 7) is 1.65. The van der Waals surface area contributed by atoms with E-state index in [2.05, 4.69) is 0 Å². The maximum atomic E-state index is 12.1. The van der Waals surface area contributed by atoms with E-state index in [1.807, 2.05) is 30.3 Å². The summed E-state index contributed by atoms with van der Waals surface area (Å²) in [4.78, 5) is 23.2. The molecular weight excluding hydrogens is 270 g/mol. The van der Waals surface area contributed by atoms with Crippen LogP contribution >= 0.6 is 0 Å². The van der Waals surface area contributed by atoms with Crippen LogP contribution in [0.5, 0.6) is 0 Å². The van der Waals surface area contributed by atoms with Crippen molar-refractivity contribution < 1.29 is 19.4 Å².